The third-order valence-electron chi connectivity index (χ3n) is 2.76. The Balaban J connectivity index is 2.29. The van der Waals surface area contributed by atoms with Crippen LogP contribution in [0, 0.1) is 3.57 Å². The number of halogens is 2. The van der Waals surface area contributed by atoms with Crippen molar-refractivity contribution in [1.82, 2.24) is 0 Å². The lowest BCUT2D eigenvalue weighted by molar-refractivity contribution is -0.118. The van der Waals surface area contributed by atoms with Crippen LogP contribution in [0.25, 0.3) is 0 Å². The summed E-state index contributed by atoms with van der Waals surface area (Å²) < 4.78 is 13.4. The van der Waals surface area contributed by atoms with Crippen LogP contribution in [0.3, 0.4) is 0 Å². The molecule has 1 aliphatic heterocycles. The number of aryl methyl sites for hydroxylation is 1. The predicted molar refractivity (Wildman–Crippen MR) is 70.4 cm³/mol. The Bertz CT molecular complexity index is 408. The number of amides is 1. The van der Waals surface area contributed by atoms with Crippen molar-refractivity contribution in [2.75, 3.05) is 18.1 Å². The zero-order chi connectivity index (χ0) is 11.5. The lowest BCUT2D eigenvalue weighted by Gasteiger charge is -2.29. The second kappa shape index (κ2) is 5.12. The first-order valence-electron chi connectivity index (χ1n) is 5.37. The van der Waals surface area contributed by atoms with E-state index in [2.05, 4.69) is 28.7 Å². The van der Waals surface area contributed by atoms with Gasteiger partial charge in [0.2, 0.25) is 5.91 Å². The molecule has 0 saturated carbocycles. The number of fused-ring (bicyclic) bond motifs is 1. The number of carbonyl (C=O) groups excluding carboxylic acids is 1. The summed E-state index contributed by atoms with van der Waals surface area (Å²) in [5, 5.41) is 0. The van der Waals surface area contributed by atoms with Crippen molar-refractivity contribution >= 4 is 34.2 Å². The number of nitrogens with zero attached hydrogens (tertiary/aromatic N) is 1. The van der Waals surface area contributed by atoms with E-state index in [-0.39, 0.29) is 12.6 Å². The SMILES string of the molecule is O=C1CCc2cc(I)ccc2N1CCCF. The van der Waals surface area contributed by atoms with Gasteiger partial charge < -0.3 is 4.90 Å². The van der Waals surface area contributed by atoms with Crippen molar-refractivity contribution in [3.63, 3.8) is 0 Å². The van der Waals surface area contributed by atoms with E-state index in [0.29, 0.717) is 19.4 Å². The molecule has 2 nitrogen and oxygen atoms in total. The van der Waals surface area contributed by atoms with Gasteiger partial charge in [0.25, 0.3) is 0 Å². The highest BCUT2D eigenvalue weighted by molar-refractivity contribution is 14.1. The van der Waals surface area contributed by atoms with E-state index in [1.165, 1.54) is 9.13 Å². The molecule has 4 heteroatoms. The lowest BCUT2D eigenvalue weighted by atomic mass is 10.0. The Kier molecular flexibility index (Phi) is 3.78. The minimum absolute atomic E-state index is 0.113. The Labute approximate surface area is 108 Å². The van der Waals surface area contributed by atoms with Gasteiger partial charge in [0.05, 0.1) is 6.67 Å². The van der Waals surface area contributed by atoms with Gasteiger partial charge in [0.15, 0.2) is 0 Å². The normalized spacial score (nSPS) is 15.1. The van der Waals surface area contributed by atoms with E-state index in [9.17, 15) is 9.18 Å². The van der Waals surface area contributed by atoms with Gasteiger partial charge in [-0.1, -0.05) is 0 Å². The molecule has 0 saturated heterocycles. The van der Waals surface area contributed by atoms with Crippen LogP contribution in [0.5, 0.6) is 0 Å². The maximum absolute atomic E-state index is 12.2. The number of carbonyl (C=O) groups is 1. The summed E-state index contributed by atoms with van der Waals surface area (Å²) in [5.74, 6) is 0.113. The Morgan fingerprint density at radius 1 is 1.38 bits per heavy atom. The maximum atomic E-state index is 12.2. The van der Waals surface area contributed by atoms with Gasteiger partial charge in [0, 0.05) is 22.2 Å². The molecule has 0 unspecified atom stereocenters. The van der Waals surface area contributed by atoms with E-state index in [4.69, 9.17) is 0 Å². The fraction of sp³-hybridized carbons (Fsp3) is 0.417. The number of alkyl halides is 1. The van der Waals surface area contributed by atoms with Crippen LogP contribution in [0.15, 0.2) is 18.2 Å². The first-order chi connectivity index (χ1) is 7.72. The smallest absolute Gasteiger partial charge is 0.227 e. The molecule has 1 aromatic carbocycles. The number of anilines is 1. The van der Waals surface area contributed by atoms with Gasteiger partial charge in [-0.2, -0.15) is 0 Å². The fourth-order valence-corrected chi connectivity index (χ4v) is 2.55. The highest BCUT2D eigenvalue weighted by Gasteiger charge is 2.23. The number of benzene rings is 1. The van der Waals surface area contributed by atoms with Gasteiger partial charge in [0.1, 0.15) is 0 Å². The van der Waals surface area contributed by atoms with Gasteiger partial charge in [-0.25, -0.2) is 0 Å². The molecule has 1 aromatic rings. The molecule has 1 heterocycles. The Morgan fingerprint density at radius 3 is 2.94 bits per heavy atom. The predicted octanol–water partition coefficient (Wildman–Crippen LogP) is 2.93. The summed E-state index contributed by atoms with van der Waals surface area (Å²) >= 11 is 2.26. The monoisotopic (exact) mass is 333 g/mol. The standard InChI is InChI=1S/C12H13FINO/c13-6-1-7-15-11-4-3-10(14)8-9(11)2-5-12(15)16/h3-4,8H,1-2,5-7H2. The van der Waals surface area contributed by atoms with Gasteiger partial charge in [-0.15, -0.1) is 0 Å². The summed E-state index contributed by atoms with van der Waals surface area (Å²) in [6.45, 7) is 0.117. The van der Waals surface area contributed by atoms with Crippen molar-refractivity contribution in [2.45, 2.75) is 19.3 Å². The summed E-state index contributed by atoms with van der Waals surface area (Å²) in [7, 11) is 0. The van der Waals surface area contributed by atoms with E-state index in [1.807, 2.05) is 12.1 Å². The highest BCUT2D eigenvalue weighted by atomic mass is 127. The topological polar surface area (TPSA) is 20.3 Å². The van der Waals surface area contributed by atoms with Crippen LogP contribution in [0.4, 0.5) is 10.1 Å². The molecule has 0 radical (unpaired) electrons. The molecule has 1 amide bonds. The zero-order valence-electron chi connectivity index (χ0n) is 8.88. The second-order valence-corrected chi connectivity index (χ2v) is 5.11. The van der Waals surface area contributed by atoms with E-state index < -0.39 is 0 Å². The van der Waals surface area contributed by atoms with Crippen molar-refractivity contribution < 1.29 is 9.18 Å². The first kappa shape index (κ1) is 11.8. The molecular formula is C12H13FINO. The van der Waals surface area contributed by atoms with Crippen molar-refractivity contribution in [1.29, 1.82) is 0 Å². The molecule has 0 N–H and O–H groups in total. The molecule has 0 spiro atoms. The van der Waals surface area contributed by atoms with Crippen LogP contribution in [0.2, 0.25) is 0 Å². The molecule has 2 rings (SSSR count). The average Bonchev–Trinajstić information content (AvgIpc) is 2.28. The quantitative estimate of drug-likeness (QED) is 0.779. The molecule has 86 valence electrons. The summed E-state index contributed by atoms with van der Waals surface area (Å²) in [4.78, 5) is 13.5. The van der Waals surface area contributed by atoms with Crippen LogP contribution < -0.4 is 4.90 Å². The second-order valence-electron chi connectivity index (χ2n) is 3.86. The molecule has 1 aliphatic rings. The van der Waals surface area contributed by atoms with Crippen LogP contribution in [-0.4, -0.2) is 19.1 Å². The van der Waals surface area contributed by atoms with Crippen LogP contribution >= 0.6 is 22.6 Å². The van der Waals surface area contributed by atoms with Gasteiger partial charge >= 0.3 is 0 Å². The molecule has 0 atom stereocenters. The number of hydrogen-bond acceptors (Lipinski definition) is 1. The van der Waals surface area contributed by atoms with Crippen molar-refractivity contribution in [3.8, 4) is 0 Å². The third kappa shape index (κ3) is 2.36. The minimum atomic E-state index is -0.372. The third-order valence-corrected chi connectivity index (χ3v) is 3.43. The summed E-state index contributed by atoms with van der Waals surface area (Å²) in [5.41, 5.74) is 2.16. The maximum Gasteiger partial charge on any atom is 0.227 e. The van der Waals surface area contributed by atoms with Crippen LogP contribution in [0.1, 0.15) is 18.4 Å². The van der Waals surface area contributed by atoms with E-state index in [1.54, 1.807) is 4.90 Å². The van der Waals surface area contributed by atoms with Crippen LogP contribution in [-0.2, 0) is 11.2 Å². The molecular weight excluding hydrogens is 320 g/mol. The number of rotatable bonds is 3. The molecule has 16 heavy (non-hydrogen) atoms. The number of hydrogen-bond donors (Lipinski definition) is 0. The average molecular weight is 333 g/mol. The fourth-order valence-electron chi connectivity index (χ4n) is 1.99. The first-order valence-corrected chi connectivity index (χ1v) is 6.45. The minimum Gasteiger partial charge on any atom is -0.312 e. The largest absolute Gasteiger partial charge is 0.312 e. The Hall–Kier alpha value is -0.650. The summed E-state index contributed by atoms with van der Waals surface area (Å²) in [6.07, 6.45) is 1.76. The van der Waals surface area contributed by atoms with Gasteiger partial charge in [-0.05, 0) is 59.2 Å². The molecule has 0 aliphatic carbocycles. The van der Waals surface area contributed by atoms with Crippen molar-refractivity contribution in [2.24, 2.45) is 0 Å². The lowest BCUT2D eigenvalue weighted by Crippen LogP contribution is -2.36. The zero-order valence-corrected chi connectivity index (χ0v) is 11.0. The summed E-state index contributed by atoms with van der Waals surface area (Å²) in [6, 6.07) is 6.05. The van der Waals surface area contributed by atoms with E-state index in [0.717, 1.165) is 12.1 Å². The van der Waals surface area contributed by atoms with E-state index >= 15 is 0 Å². The highest BCUT2D eigenvalue weighted by Crippen LogP contribution is 2.29. The molecule has 0 aromatic heterocycles. The Morgan fingerprint density at radius 2 is 2.19 bits per heavy atom. The van der Waals surface area contributed by atoms with Crippen molar-refractivity contribution in [3.05, 3.63) is 27.3 Å². The molecule has 0 fully saturated rings. The molecule has 0 bridgehead atoms. The van der Waals surface area contributed by atoms with Gasteiger partial charge in [-0.3, -0.25) is 9.18 Å².